The monoisotopic (exact) mass is 414 g/mol. The summed E-state index contributed by atoms with van der Waals surface area (Å²) in [7, 11) is 0. The van der Waals surface area contributed by atoms with Crippen molar-refractivity contribution in [1.82, 2.24) is 10.2 Å². The zero-order chi connectivity index (χ0) is 20.8. The van der Waals surface area contributed by atoms with Gasteiger partial charge in [-0.3, -0.25) is 19.3 Å². The molecule has 0 aliphatic carbocycles. The lowest BCUT2D eigenvalue weighted by atomic mass is 10.1. The summed E-state index contributed by atoms with van der Waals surface area (Å²) in [6, 6.07) is 14.3. The number of aliphatic hydroxyl groups excluding tert-OH is 1. The molecule has 1 saturated heterocycles. The Hall–Kier alpha value is -2.97. The summed E-state index contributed by atoms with van der Waals surface area (Å²) >= 11 is 0.725. The van der Waals surface area contributed by atoms with Crippen LogP contribution in [-0.2, 0) is 16.0 Å². The van der Waals surface area contributed by atoms with Crippen LogP contribution in [0.3, 0.4) is 0 Å². The van der Waals surface area contributed by atoms with Crippen molar-refractivity contribution < 1.29 is 23.9 Å². The summed E-state index contributed by atoms with van der Waals surface area (Å²) in [6.45, 7) is -0.705. The Morgan fingerprint density at radius 2 is 1.83 bits per heavy atom. The number of carbonyl (C=O) groups is 3. The van der Waals surface area contributed by atoms with E-state index in [4.69, 9.17) is 0 Å². The van der Waals surface area contributed by atoms with Crippen molar-refractivity contribution in [2.45, 2.75) is 12.5 Å². The third-order valence-electron chi connectivity index (χ3n) is 4.25. The minimum Gasteiger partial charge on any atom is -0.394 e. The molecule has 1 atom stereocenters. The Morgan fingerprint density at radius 3 is 2.48 bits per heavy atom. The van der Waals surface area contributed by atoms with E-state index in [9.17, 15) is 23.9 Å². The van der Waals surface area contributed by atoms with E-state index >= 15 is 0 Å². The van der Waals surface area contributed by atoms with Crippen LogP contribution >= 0.6 is 11.8 Å². The fourth-order valence-corrected chi connectivity index (χ4v) is 3.66. The van der Waals surface area contributed by atoms with E-state index in [1.807, 2.05) is 30.3 Å². The van der Waals surface area contributed by atoms with E-state index in [0.717, 1.165) is 22.2 Å². The van der Waals surface area contributed by atoms with Crippen molar-refractivity contribution in [3.8, 4) is 0 Å². The number of amides is 3. The quantitative estimate of drug-likeness (QED) is 0.680. The molecule has 6 nitrogen and oxygen atoms in total. The molecule has 1 unspecified atom stereocenters. The number of carbonyl (C=O) groups excluding carboxylic acids is 3. The third kappa shape index (κ3) is 5.52. The number of hydrogen-bond donors (Lipinski definition) is 2. The van der Waals surface area contributed by atoms with Gasteiger partial charge >= 0.3 is 0 Å². The molecule has 1 aliphatic rings. The Kier molecular flexibility index (Phi) is 6.79. The second-order valence-electron chi connectivity index (χ2n) is 6.46. The number of thioether (sulfide) groups is 1. The Labute approximate surface area is 171 Å². The van der Waals surface area contributed by atoms with Crippen LogP contribution in [0.25, 0.3) is 6.08 Å². The van der Waals surface area contributed by atoms with Gasteiger partial charge in [0, 0.05) is 0 Å². The van der Waals surface area contributed by atoms with E-state index in [1.54, 1.807) is 0 Å². The predicted molar refractivity (Wildman–Crippen MR) is 108 cm³/mol. The number of nitrogens with zero attached hydrogens (tertiary/aromatic N) is 1. The lowest BCUT2D eigenvalue weighted by Gasteiger charge is -2.18. The first-order valence-corrected chi connectivity index (χ1v) is 9.73. The molecule has 0 spiro atoms. The first kappa shape index (κ1) is 20.8. The van der Waals surface area contributed by atoms with Crippen molar-refractivity contribution in [2.24, 2.45) is 0 Å². The number of nitrogens with one attached hydrogen (secondary N) is 1. The van der Waals surface area contributed by atoms with E-state index < -0.39 is 35.5 Å². The number of rotatable bonds is 7. The zero-order valence-electron chi connectivity index (χ0n) is 15.4. The lowest BCUT2D eigenvalue weighted by molar-refractivity contribution is -0.129. The Balaban J connectivity index is 1.61. The lowest BCUT2D eigenvalue weighted by Crippen LogP contribution is -2.45. The molecule has 150 valence electrons. The molecule has 3 amide bonds. The van der Waals surface area contributed by atoms with Crippen LogP contribution < -0.4 is 5.32 Å². The van der Waals surface area contributed by atoms with Gasteiger partial charge in [-0.1, -0.05) is 42.5 Å². The molecule has 0 saturated carbocycles. The van der Waals surface area contributed by atoms with Gasteiger partial charge in [-0.25, -0.2) is 4.39 Å². The second kappa shape index (κ2) is 9.49. The maximum atomic E-state index is 13.0. The van der Waals surface area contributed by atoms with Crippen molar-refractivity contribution in [1.29, 1.82) is 0 Å². The van der Waals surface area contributed by atoms with Crippen LogP contribution in [0.4, 0.5) is 9.18 Å². The Morgan fingerprint density at radius 1 is 1.14 bits per heavy atom. The molecular formula is C21H19FN2O4S. The summed E-state index contributed by atoms with van der Waals surface area (Å²) < 4.78 is 13.0. The highest BCUT2D eigenvalue weighted by molar-refractivity contribution is 8.18. The predicted octanol–water partition coefficient (Wildman–Crippen LogP) is 2.58. The summed E-state index contributed by atoms with van der Waals surface area (Å²) in [4.78, 5) is 38.0. The maximum Gasteiger partial charge on any atom is 0.294 e. The highest BCUT2D eigenvalue weighted by Gasteiger charge is 2.36. The molecule has 8 heteroatoms. The molecule has 0 radical (unpaired) electrons. The van der Waals surface area contributed by atoms with Crippen molar-refractivity contribution in [3.05, 3.63) is 76.4 Å². The highest BCUT2D eigenvalue weighted by atomic mass is 32.2. The fourth-order valence-electron chi connectivity index (χ4n) is 2.82. The van der Waals surface area contributed by atoms with Crippen molar-refractivity contribution >= 4 is 34.9 Å². The van der Waals surface area contributed by atoms with E-state index in [1.165, 1.54) is 30.3 Å². The molecule has 1 aliphatic heterocycles. The summed E-state index contributed by atoms with van der Waals surface area (Å²) in [5.41, 5.74) is 1.52. The van der Waals surface area contributed by atoms with Crippen LogP contribution in [0.5, 0.6) is 0 Å². The number of imide groups is 1. The summed E-state index contributed by atoms with van der Waals surface area (Å²) in [5, 5.41) is 11.6. The SMILES string of the molecule is O=C(CN1C(=O)S/C(=C\c2ccc(F)cc2)C1=O)NC(CO)Cc1ccccc1. The van der Waals surface area contributed by atoms with Crippen LogP contribution in [0.2, 0.25) is 0 Å². The van der Waals surface area contributed by atoms with Gasteiger partial charge in [0.1, 0.15) is 12.4 Å². The van der Waals surface area contributed by atoms with Gasteiger partial charge in [0.25, 0.3) is 11.1 Å². The molecule has 2 aromatic carbocycles. The van der Waals surface area contributed by atoms with Crippen LogP contribution in [0, 0.1) is 5.82 Å². The molecule has 29 heavy (non-hydrogen) atoms. The normalized spacial score (nSPS) is 16.3. The van der Waals surface area contributed by atoms with E-state index in [0.29, 0.717) is 12.0 Å². The first-order chi connectivity index (χ1) is 14.0. The molecule has 2 N–H and O–H groups in total. The average Bonchev–Trinajstić information content (AvgIpc) is 2.97. The van der Waals surface area contributed by atoms with Crippen molar-refractivity contribution in [3.63, 3.8) is 0 Å². The topological polar surface area (TPSA) is 86.7 Å². The second-order valence-corrected chi connectivity index (χ2v) is 7.45. The highest BCUT2D eigenvalue weighted by Crippen LogP contribution is 2.32. The van der Waals surface area contributed by atoms with Crippen molar-refractivity contribution in [2.75, 3.05) is 13.2 Å². The minimum absolute atomic E-state index is 0.164. The Bertz CT molecular complexity index is 931. The molecule has 0 bridgehead atoms. The first-order valence-electron chi connectivity index (χ1n) is 8.91. The van der Waals surface area contributed by atoms with E-state index in [2.05, 4.69) is 5.32 Å². The van der Waals surface area contributed by atoms with Gasteiger partial charge < -0.3 is 10.4 Å². The van der Waals surface area contributed by atoms with Crippen LogP contribution in [0.15, 0.2) is 59.5 Å². The fraction of sp³-hybridized carbons (Fsp3) is 0.190. The number of benzene rings is 2. The number of halogens is 1. The van der Waals surface area contributed by atoms with Gasteiger partial charge in [-0.05, 0) is 47.5 Å². The molecule has 2 aromatic rings. The number of aliphatic hydroxyl groups is 1. The van der Waals surface area contributed by atoms with Gasteiger partial charge in [0.2, 0.25) is 5.91 Å². The van der Waals surface area contributed by atoms with E-state index in [-0.39, 0.29) is 11.5 Å². The van der Waals surface area contributed by atoms with Crippen LogP contribution in [0.1, 0.15) is 11.1 Å². The minimum atomic E-state index is -0.580. The summed E-state index contributed by atoms with van der Waals surface area (Å²) in [5.74, 6) is -1.52. The maximum absolute atomic E-state index is 13.0. The van der Waals surface area contributed by atoms with Gasteiger partial charge in [-0.15, -0.1) is 0 Å². The number of hydrogen-bond acceptors (Lipinski definition) is 5. The van der Waals surface area contributed by atoms with Crippen LogP contribution in [-0.4, -0.2) is 46.3 Å². The largest absolute Gasteiger partial charge is 0.394 e. The standard InChI is InChI=1S/C21H19FN2O4S/c22-16-8-6-15(7-9-16)11-18-20(27)24(21(28)29-18)12-19(26)23-17(13-25)10-14-4-2-1-3-5-14/h1-9,11,17,25H,10,12-13H2,(H,23,26)/b18-11-. The molecular weight excluding hydrogens is 395 g/mol. The van der Waals surface area contributed by atoms with Gasteiger partial charge in [0.15, 0.2) is 0 Å². The molecule has 1 fully saturated rings. The average molecular weight is 414 g/mol. The molecule has 3 rings (SSSR count). The van der Waals surface area contributed by atoms with Gasteiger partial charge in [0.05, 0.1) is 17.6 Å². The smallest absolute Gasteiger partial charge is 0.294 e. The zero-order valence-corrected chi connectivity index (χ0v) is 16.2. The third-order valence-corrected chi connectivity index (χ3v) is 5.16. The molecule has 1 heterocycles. The summed E-state index contributed by atoms with van der Waals surface area (Å²) in [6.07, 6.45) is 1.91. The van der Waals surface area contributed by atoms with Gasteiger partial charge in [-0.2, -0.15) is 0 Å². The molecule has 0 aromatic heterocycles.